The van der Waals surface area contributed by atoms with Crippen molar-refractivity contribution in [1.29, 1.82) is 0 Å². The SMILES string of the molecule is CN(CCF)c1ccn2cc(-c3ccccc3)nc2n1. The molecule has 0 amide bonds. The van der Waals surface area contributed by atoms with Gasteiger partial charge in [-0.3, -0.25) is 4.40 Å². The molecule has 0 N–H and O–H groups in total. The molecule has 5 heteroatoms. The summed E-state index contributed by atoms with van der Waals surface area (Å²) in [6, 6.07) is 11.8. The van der Waals surface area contributed by atoms with Crippen molar-refractivity contribution in [1.82, 2.24) is 14.4 Å². The van der Waals surface area contributed by atoms with Crippen LogP contribution in [0.15, 0.2) is 48.8 Å². The van der Waals surface area contributed by atoms with E-state index in [-0.39, 0.29) is 0 Å². The first-order valence-corrected chi connectivity index (χ1v) is 6.46. The van der Waals surface area contributed by atoms with Crippen LogP contribution in [-0.2, 0) is 0 Å². The average Bonchev–Trinajstić information content (AvgIpc) is 2.91. The van der Waals surface area contributed by atoms with E-state index in [4.69, 9.17) is 0 Å². The van der Waals surface area contributed by atoms with E-state index in [9.17, 15) is 4.39 Å². The van der Waals surface area contributed by atoms with Crippen LogP contribution in [0.5, 0.6) is 0 Å². The van der Waals surface area contributed by atoms with E-state index in [1.54, 1.807) is 4.90 Å². The van der Waals surface area contributed by atoms with Gasteiger partial charge in [0.05, 0.1) is 5.69 Å². The lowest BCUT2D eigenvalue weighted by atomic mass is 10.2. The number of imidazole rings is 1. The van der Waals surface area contributed by atoms with Crippen molar-refractivity contribution in [2.24, 2.45) is 0 Å². The lowest BCUT2D eigenvalue weighted by Gasteiger charge is -2.15. The molecule has 0 atom stereocenters. The minimum atomic E-state index is -0.396. The number of aromatic nitrogens is 3. The van der Waals surface area contributed by atoms with Crippen LogP contribution >= 0.6 is 0 Å². The van der Waals surface area contributed by atoms with Gasteiger partial charge in [-0.15, -0.1) is 0 Å². The van der Waals surface area contributed by atoms with E-state index in [1.807, 2.05) is 60.2 Å². The van der Waals surface area contributed by atoms with Gasteiger partial charge in [0.1, 0.15) is 12.5 Å². The molecule has 20 heavy (non-hydrogen) atoms. The zero-order valence-corrected chi connectivity index (χ0v) is 11.2. The number of halogens is 1. The van der Waals surface area contributed by atoms with Crippen molar-refractivity contribution in [2.75, 3.05) is 25.2 Å². The lowest BCUT2D eigenvalue weighted by Crippen LogP contribution is -2.21. The van der Waals surface area contributed by atoms with Crippen LogP contribution in [0.2, 0.25) is 0 Å². The van der Waals surface area contributed by atoms with Crippen LogP contribution in [0.1, 0.15) is 0 Å². The predicted octanol–water partition coefficient (Wildman–Crippen LogP) is 2.80. The molecule has 0 saturated carbocycles. The summed E-state index contributed by atoms with van der Waals surface area (Å²) in [6.45, 7) is -0.0670. The Morgan fingerprint density at radius 2 is 1.95 bits per heavy atom. The minimum Gasteiger partial charge on any atom is -0.357 e. The Kier molecular flexibility index (Phi) is 3.33. The van der Waals surface area contributed by atoms with Gasteiger partial charge in [0, 0.05) is 31.5 Å². The maximum Gasteiger partial charge on any atom is 0.236 e. The Labute approximate surface area is 116 Å². The summed E-state index contributed by atoms with van der Waals surface area (Å²) in [5, 5.41) is 0. The molecule has 0 bridgehead atoms. The van der Waals surface area contributed by atoms with Crippen molar-refractivity contribution in [3.8, 4) is 11.3 Å². The van der Waals surface area contributed by atoms with E-state index in [0.717, 1.165) is 17.1 Å². The fourth-order valence-electron chi connectivity index (χ4n) is 2.06. The number of anilines is 1. The average molecular weight is 270 g/mol. The van der Waals surface area contributed by atoms with Crippen LogP contribution in [0.25, 0.3) is 17.0 Å². The number of fused-ring (bicyclic) bond motifs is 1. The highest BCUT2D eigenvalue weighted by Gasteiger charge is 2.08. The fourth-order valence-corrected chi connectivity index (χ4v) is 2.06. The molecular weight excluding hydrogens is 255 g/mol. The Hall–Kier alpha value is -2.43. The van der Waals surface area contributed by atoms with Crippen molar-refractivity contribution < 1.29 is 4.39 Å². The predicted molar refractivity (Wildman–Crippen MR) is 77.7 cm³/mol. The Balaban J connectivity index is 1.99. The second-order valence-corrected chi connectivity index (χ2v) is 4.60. The van der Waals surface area contributed by atoms with Crippen molar-refractivity contribution in [3.05, 3.63) is 48.8 Å². The summed E-state index contributed by atoms with van der Waals surface area (Å²) in [7, 11) is 1.82. The van der Waals surface area contributed by atoms with Crippen molar-refractivity contribution >= 4 is 11.6 Å². The van der Waals surface area contributed by atoms with E-state index in [0.29, 0.717) is 12.3 Å². The van der Waals surface area contributed by atoms with Gasteiger partial charge in [0.2, 0.25) is 5.78 Å². The van der Waals surface area contributed by atoms with Gasteiger partial charge in [0.15, 0.2) is 0 Å². The second kappa shape index (κ2) is 5.28. The molecular formula is C15H15FN4. The summed E-state index contributed by atoms with van der Waals surface area (Å²) in [5.41, 5.74) is 1.93. The molecule has 0 radical (unpaired) electrons. The monoisotopic (exact) mass is 270 g/mol. The van der Waals surface area contributed by atoms with Gasteiger partial charge >= 0.3 is 0 Å². The van der Waals surface area contributed by atoms with Gasteiger partial charge in [0.25, 0.3) is 0 Å². The first-order valence-electron chi connectivity index (χ1n) is 6.46. The molecule has 0 aliphatic rings. The largest absolute Gasteiger partial charge is 0.357 e. The van der Waals surface area contributed by atoms with E-state index >= 15 is 0 Å². The topological polar surface area (TPSA) is 33.4 Å². The molecule has 2 aromatic heterocycles. The summed E-state index contributed by atoms with van der Waals surface area (Å²) in [6.07, 6.45) is 3.84. The molecule has 0 saturated heterocycles. The maximum absolute atomic E-state index is 12.4. The molecule has 0 fully saturated rings. The molecule has 0 aliphatic heterocycles. The van der Waals surface area contributed by atoms with Gasteiger partial charge in [-0.25, -0.2) is 9.37 Å². The summed E-state index contributed by atoms with van der Waals surface area (Å²) < 4.78 is 14.2. The highest BCUT2D eigenvalue weighted by molar-refractivity contribution is 5.61. The van der Waals surface area contributed by atoms with Gasteiger partial charge < -0.3 is 4.90 Å². The molecule has 4 nitrogen and oxygen atoms in total. The van der Waals surface area contributed by atoms with E-state index in [1.165, 1.54) is 0 Å². The number of nitrogens with zero attached hydrogens (tertiary/aromatic N) is 4. The summed E-state index contributed by atoms with van der Waals surface area (Å²) >= 11 is 0. The summed E-state index contributed by atoms with van der Waals surface area (Å²) in [4.78, 5) is 10.7. The normalized spacial score (nSPS) is 10.9. The smallest absolute Gasteiger partial charge is 0.236 e. The number of benzene rings is 1. The first-order chi connectivity index (χ1) is 9.78. The minimum absolute atomic E-state index is 0.329. The number of alkyl halides is 1. The third kappa shape index (κ3) is 2.34. The quantitative estimate of drug-likeness (QED) is 0.731. The Morgan fingerprint density at radius 3 is 2.70 bits per heavy atom. The number of hydrogen-bond acceptors (Lipinski definition) is 3. The van der Waals surface area contributed by atoms with Crippen LogP contribution in [0.4, 0.5) is 10.2 Å². The molecule has 3 aromatic rings. The third-order valence-electron chi connectivity index (χ3n) is 3.19. The first kappa shape index (κ1) is 12.6. The Bertz CT molecular complexity index is 708. The number of rotatable bonds is 4. The van der Waals surface area contributed by atoms with Gasteiger partial charge in [-0.05, 0) is 6.07 Å². The number of hydrogen-bond donors (Lipinski definition) is 0. The van der Waals surface area contributed by atoms with Crippen LogP contribution in [0.3, 0.4) is 0 Å². The van der Waals surface area contributed by atoms with Gasteiger partial charge in [-0.2, -0.15) is 4.98 Å². The van der Waals surface area contributed by atoms with Gasteiger partial charge in [-0.1, -0.05) is 30.3 Å². The van der Waals surface area contributed by atoms with Crippen LogP contribution in [0, 0.1) is 0 Å². The second-order valence-electron chi connectivity index (χ2n) is 4.60. The lowest BCUT2D eigenvalue weighted by molar-refractivity contribution is 0.496. The molecule has 2 heterocycles. The van der Waals surface area contributed by atoms with Crippen molar-refractivity contribution in [3.63, 3.8) is 0 Å². The zero-order chi connectivity index (χ0) is 13.9. The molecule has 0 unspecified atom stereocenters. The zero-order valence-electron chi connectivity index (χ0n) is 11.2. The van der Waals surface area contributed by atoms with Crippen molar-refractivity contribution in [2.45, 2.75) is 0 Å². The third-order valence-corrected chi connectivity index (χ3v) is 3.19. The molecule has 0 spiro atoms. The van der Waals surface area contributed by atoms with E-state index < -0.39 is 6.67 Å². The molecule has 0 aliphatic carbocycles. The van der Waals surface area contributed by atoms with E-state index in [2.05, 4.69) is 9.97 Å². The molecule has 102 valence electrons. The van der Waals surface area contributed by atoms with Crippen LogP contribution < -0.4 is 4.90 Å². The maximum atomic E-state index is 12.4. The highest BCUT2D eigenvalue weighted by atomic mass is 19.1. The fraction of sp³-hybridized carbons (Fsp3) is 0.200. The van der Waals surface area contributed by atoms with Crippen LogP contribution in [-0.4, -0.2) is 34.6 Å². The summed E-state index contributed by atoms with van der Waals surface area (Å²) in [5.74, 6) is 1.34. The standard InChI is InChI=1S/C15H15FN4/c1-19(10-8-16)14-7-9-20-11-13(17-15(20)18-14)12-5-3-2-4-6-12/h2-7,9,11H,8,10H2,1H3. The highest BCUT2D eigenvalue weighted by Crippen LogP contribution is 2.19. The Morgan fingerprint density at radius 1 is 1.15 bits per heavy atom. The molecule has 3 rings (SSSR count). The molecule has 1 aromatic carbocycles.